The molecule has 0 bridgehead atoms. The average molecular weight is 324 g/mol. The van der Waals surface area contributed by atoms with E-state index < -0.39 is 0 Å². The lowest BCUT2D eigenvalue weighted by atomic mass is 10.3. The van der Waals surface area contributed by atoms with Gasteiger partial charge in [-0.25, -0.2) is 14.1 Å². The third-order valence-electron chi connectivity index (χ3n) is 3.03. The Balaban J connectivity index is 1.76. The molecule has 0 aliphatic carbocycles. The van der Waals surface area contributed by atoms with Gasteiger partial charge in [-0.2, -0.15) is 5.10 Å². The smallest absolute Gasteiger partial charge is 0.197 e. The molecule has 0 radical (unpaired) electrons. The molecule has 3 aromatic rings. The van der Waals surface area contributed by atoms with E-state index in [0.29, 0.717) is 11.0 Å². The molecular weight excluding hydrogens is 311 g/mol. The number of hydrogen-bond acceptors (Lipinski definition) is 2. The number of benzene rings is 2. The molecular formula is C17H13FN4S. The Bertz CT molecular complexity index is 870. The Morgan fingerprint density at radius 1 is 1.09 bits per heavy atom. The molecule has 4 nitrogen and oxygen atoms in total. The number of anilines is 1. The van der Waals surface area contributed by atoms with Crippen molar-refractivity contribution in [3.63, 3.8) is 0 Å². The van der Waals surface area contributed by atoms with E-state index in [1.165, 1.54) is 12.1 Å². The molecule has 0 atom stereocenters. The van der Waals surface area contributed by atoms with Crippen molar-refractivity contribution in [2.75, 3.05) is 5.32 Å². The number of hydrogen-bond donors (Lipinski definition) is 1. The Morgan fingerprint density at radius 3 is 2.61 bits per heavy atom. The fourth-order valence-electron chi connectivity index (χ4n) is 1.98. The van der Waals surface area contributed by atoms with Gasteiger partial charge in [-0.3, -0.25) is 0 Å². The summed E-state index contributed by atoms with van der Waals surface area (Å²) in [5, 5.41) is 8.03. The summed E-state index contributed by atoms with van der Waals surface area (Å²) in [4.78, 5) is 4.24. The zero-order valence-electron chi connectivity index (χ0n) is 12.1. The van der Waals surface area contributed by atoms with Crippen molar-refractivity contribution in [1.82, 2.24) is 9.78 Å². The Kier molecular flexibility index (Phi) is 4.54. The lowest BCUT2D eigenvalue weighted by molar-refractivity contribution is 0.628. The molecule has 0 amide bonds. The van der Waals surface area contributed by atoms with Crippen LogP contribution in [0.5, 0.6) is 0 Å². The van der Waals surface area contributed by atoms with E-state index in [1.54, 1.807) is 35.3 Å². The molecule has 1 aromatic heterocycles. The van der Waals surface area contributed by atoms with Gasteiger partial charge >= 0.3 is 0 Å². The number of aromatic nitrogens is 2. The average Bonchev–Trinajstić information content (AvgIpc) is 2.56. The molecule has 0 aliphatic rings. The van der Waals surface area contributed by atoms with Crippen molar-refractivity contribution in [3.8, 4) is 5.69 Å². The molecule has 0 fully saturated rings. The highest BCUT2D eigenvalue weighted by atomic mass is 32.1. The van der Waals surface area contributed by atoms with E-state index in [1.807, 2.05) is 30.3 Å². The number of para-hydroxylation sites is 1. The van der Waals surface area contributed by atoms with Crippen molar-refractivity contribution in [2.45, 2.75) is 0 Å². The van der Waals surface area contributed by atoms with Crippen LogP contribution in [0.25, 0.3) is 5.69 Å². The third-order valence-corrected chi connectivity index (χ3v) is 3.22. The maximum atomic E-state index is 13.1. The van der Waals surface area contributed by atoms with Crippen LogP contribution in [0.1, 0.15) is 0 Å². The standard InChI is InChI=1S/C17H13FN4S/c18-13-5-4-6-14(11-13)20-17(23)21-15-9-10-22(19-12-15)16-7-2-1-3-8-16/h1-12H,(H,20,23)/b21-15-. The molecule has 0 aliphatic heterocycles. The number of rotatable bonds is 2. The molecule has 1 N–H and O–H groups in total. The van der Waals surface area contributed by atoms with Gasteiger partial charge in [0.25, 0.3) is 0 Å². The summed E-state index contributed by atoms with van der Waals surface area (Å²) in [6.45, 7) is 0. The van der Waals surface area contributed by atoms with Gasteiger partial charge in [0.05, 0.1) is 17.2 Å². The SMILES string of the molecule is Fc1cccc(NC(=S)/N=c2/ccn(-c3ccccc3)nc2)c1. The molecule has 1 heterocycles. The molecule has 2 aromatic carbocycles. The predicted molar refractivity (Wildman–Crippen MR) is 91.7 cm³/mol. The highest BCUT2D eigenvalue weighted by Gasteiger charge is 1.98. The molecule has 114 valence electrons. The fraction of sp³-hybridized carbons (Fsp3) is 0. The van der Waals surface area contributed by atoms with Crippen LogP contribution in [0, 0.1) is 5.82 Å². The Hall–Kier alpha value is -2.86. The van der Waals surface area contributed by atoms with Crippen molar-refractivity contribution >= 4 is 23.0 Å². The fourth-order valence-corrected chi connectivity index (χ4v) is 2.21. The number of thiocarbonyl (C=S) groups is 1. The first-order valence-corrected chi connectivity index (χ1v) is 7.33. The van der Waals surface area contributed by atoms with E-state index in [9.17, 15) is 4.39 Å². The van der Waals surface area contributed by atoms with Gasteiger partial charge in [0.1, 0.15) is 5.82 Å². The number of nitrogens with zero attached hydrogens (tertiary/aromatic N) is 3. The highest BCUT2D eigenvalue weighted by Crippen LogP contribution is 2.09. The summed E-state index contributed by atoms with van der Waals surface area (Å²) in [6, 6.07) is 17.6. The van der Waals surface area contributed by atoms with Gasteiger partial charge in [-0.15, -0.1) is 0 Å². The van der Waals surface area contributed by atoms with Crippen LogP contribution < -0.4 is 10.7 Å². The molecule has 6 heteroatoms. The van der Waals surface area contributed by atoms with Gasteiger partial charge in [0.15, 0.2) is 5.11 Å². The lowest BCUT2D eigenvalue weighted by Gasteiger charge is -2.05. The molecule has 0 unspecified atom stereocenters. The minimum Gasteiger partial charge on any atom is -0.331 e. The Labute approximate surface area is 137 Å². The van der Waals surface area contributed by atoms with Gasteiger partial charge in [-0.1, -0.05) is 24.3 Å². The summed E-state index contributed by atoms with van der Waals surface area (Å²) in [5.74, 6) is -0.330. The monoisotopic (exact) mass is 324 g/mol. The maximum Gasteiger partial charge on any atom is 0.197 e. The lowest BCUT2D eigenvalue weighted by Crippen LogP contribution is -2.14. The number of halogens is 1. The third kappa shape index (κ3) is 4.08. The molecule has 23 heavy (non-hydrogen) atoms. The highest BCUT2D eigenvalue weighted by molar-refractivity contribution is 7.80. The van der Waals surface area contributed by atoms with Crippen LogP contribution in [0.4, 0.5) is 10.1 Å². The second kappa shape index (κ2) is 6.93. The van der Waals surface area contributed by atoms with Crippen LogP contribution in [0.2, 0.25) is 0 Å². The summed E-state index contributed by atoms with van der Waals surface area (Å²) >= 11 is 5.15. The first-order valence-electron chi connectivity index (χ1n) is 6.92. The molecule has 0 saturated heterocycles. The van der Waals surface area contributed by atoms with Crippen LogP contribution in [-0.2, 0) is 0 Å². The number of nitrogens with one attached hydrogen (secondary N) is 1. The molecule has 3 rings (SSSR count). The quantitative estimate of drug-likeness (QED) is 0.736. The van der Waals surface area contributed by atoms with E-state index >= 15 is 0 Å². The zero-order valence-corrected chi connectivity index (χ0v) is 12.9. The molecule has 0 saturated carbocycles. The second-order valence-corrected chi connectivity index (χ2v) is 5.10. The summed E-state index contributed by atoms with van der Waals surface area (Å²) in [5.41, 5.74) is 1.52. The minimum atomic E-state index is -0.330. The van der Waals surface area contributed by atoms with Crippen LogP contribution in [0.3, 0.4) is 0 Å². The normalized spacial score (nSPS) is 11.3. The summed E-state index contributed by atoms with van der Waals surface area (Å²) in [6.07, 6.45) is 3.42. The topological polar surface area (TPSA) is 42.2 Å². The van der Waals surface area contributed by atoms with Gasteiger partial charge < -0.3 is 5.32 Å². The van der Waals surface area contributed by atoms with E-state index in [2.05, 4.69) is 15.4 Å². The first-order chi connectivity index (χ1) is 11.2. The first kappa shape index (κ1) is 15.1. The van der Waals surface area contributed by atoms with Crippen LogP contribution in [0.15, 0.2) is 78.0 Å². The van der Waals surface area contributed by atoms with Crippen LogP contribution >= 0.6 is 12.2 Å². The van der Waals surface area contributed by atoms with E-state index in [4.69, 9.17) is 12.2 Å². The van der Waals surface area contributed by atoms with Crippen molar-refractivity contribution in [2.24, 2.45) is 4.99 Å². The van der Waals surface area contributed by atoms with Gasteiger partial charge in [0, 0.05) is 11.9 Å². The van der Waals surface area contributed by atoms with Gasteiger partial charge in [0.2, 0.25) is 0 Å². The van der Waals surface area contributed by atoms with Crippen molar-refractivity contribution < 1.29 is 4.39 Å². The largest absolute Gasteiger partial charge is 0.331 e. The second-order valence-electron chi connectivity index (χ2n) is 4.72. The summed E-state index contributed by atoms with van der Waals surface area (Å²) < 4.78 is 14.9. The summed E-state index contributed by atoms with van der Waals surface area (Å²) in [7, 11) is 0. The molecule has 0 spiro atoms. The zero-order chi connectivity index (χ0) is 16.1. The van der Waals surface area contributed by atoms with Crippen LogP contribution in [-0.4, -0.2) is 14.9 Å². The van der Waals surface area contributed by atoms with Gasteiger partial charge in [-0.05, 0) is 48.6 Å². The van der Waals surface area contributed by atoms with E-state index in [0.717, 1.165) is 5.69 Å². The van der Waals surface area contributed by atoms with Crippen molar-refractivity contribution in [3.05, 3.63) is 84.2 Å². The minimum absolute atomic E-state index is 0.245. The Morgan fingerprint density at radius 2 is 1.91 bits per heavy atom. The van der Waals surface area contributed by atoms with Crippen molar-refractivity contribution in [1.29, 1.82) is 0 Å². The van der Waals surface area contributed by atoms with E-state index in [-0.39, 0.29) is 10.9 Å². The predicted octanol–water partition coefficient (Wildman–Crippen LogP) is 3.31. The maximum absolute atomic E-state index is 13.1.